The first kappa shape index (κ1) is 12.0. The molecular formula is C13H15N3O3. The summed E-state index contributed by atoms with van der Waals surface area (Å²) in [5.41, 5.74) is 1.38. The SMILES string of the molecule is O=C1CCN(Cn2c(=O)oc3ccccc32)CCN1. The molecule has 2 heterocycles. The van der Waals surface area contributed by atoms with Crippen molar-refractivity contribution in [1.82, 2.24) is 14.8 Å². The Morgan fingerprint density at radius 2 is 2.05 bits per heavy atom. The minimum atomic E-state index is -0.357. The van der Waals surface area contributed by atoms with E-state index in [1.165, 1.54) is 0 Å². The zero-order valence-corrected chi connectivity index (χ0v) is 10.5. The van der Waals surface area contributed by atoms with Crippen LogP contribution in [0.15, 0.2) is 33.5 Å². The fourth-order valence-corrected chi connectivity index (χ4v) is 2.30. The molecule has 19 heavy (non-hydrogen) atoms. The molecule has 1 aromatic heterocycles. The monoisotopic (exact) mass is 261 g/mol. The summed E-state index contributed by atoms with van der Waals surface area (Å²) in [6.07, 6.45) is 0.463. The van der Waals surface area contributed by atoms with Crippen LogP contribution in [0.3, 0.4) is 0 Å². The highest BCUT2D eigenvalue weighted by Gasteiger charge is 2.16. The predicted octanol–water partition coefficient (Wildman–Crippen LogP) is 0.374. The van der Waals surface area contributed by atoms with Crippen molar-refractivity contribution in [2.24, 2.45) is 0 Å². The fourth-order valence-electron chi connectivity index (χ4n) is 2.30. The Labute approximate surface area is 109 Å². The van der Waals surface area contributed by atoms with Gasteiger partial charge in [0.1, 0.15) is 0 Å². The maximum Gasteiger partial charge on any atom is 0.421 e. The van der Waals surface area contributed by atoms with Crippen molar-refractivity contribution in [3.05, 3.63) is 34.8 Å². The number of fused-ring (bicyclic) bond motifs is 1. The first-order valence-electron chi connectivity index (χ1n) is 6.31. The first-order chi connectivity index (χ1) is 9.24. The highest BCUT2D eigenvalue weighted by Crippen LogP contribution is 2.12. The number of nitrogens with zero attached hydrogens (tertiary/aromatic N) is 2. The minimum absolute atomic E-state index is 0.0619. The maximum absolute atomic E-state index is 11.8. The van der Waals surface area contributed by atoms with Crippen LogP contribution in [-0.4, -0.2) is 35.0 Å². The molecule has 1 fully saturated rings. The van der Waals surface area contributed by atoms with Crippen LogP contribution in [0, 0.1) is 0 Å². The van der Waals surface area contributed by atoms with Crippen LogP contribution in [0.5, 0.6) is 0 Å². The molecule has 3 rings (SSSR count). The summed E-state index contributed by atoms with van der Waals surface area (Å²) in [6, 6.07) is 7.35. The van der Waals surface area contributed by atoms with Crippen LogP contribution in [0.25, 0.3) is 11.1 Å². The molecule has 1 amide bonds. The molecule has 0 unspecified atom stereocenters. The fraction of sp³-hybridized carbons (Fsp3) is 0.385. The zero-order valence-electron chi connectivity index (χ0n) is 10.5. The molecule has 1 aliphatic rings. The number of amides is 1. The lowest BCUT2D eigenvalue weighted by molar-refractivity contribution is -0.120. The van der Waals surface area contributed by atoms with Gasteiger partial charge in [0.25, 0.3) is 0 Å². The van der Waals surface area contributed by atoms with Gasteiger partial charge >= 0.3 is 5.76 Å². The van der Waals surface area contributed by atoms with Gasteiger partial charge in [-0.25, -0.2) is 4.79 Å². The van der Waals surface area contributed by atoms with E-state index in [0.29, 0.717) is 31.8 Å². The first-order valence-corrected chi connectivity index (χ1v) is 6.31. The molecule has 1 saturated heterocycles. The molecule has 2 aromatic rings. The third-order valence-electron chi connectivity index (χ3n) is 3.32. The summed E-state index contributed by atoms with van der Waals surface area (Å²) >= 11 is 0. The molecule has 100 valence electrons. The van der Waals surface area contributed by atoms with Crippen LogP contribution >= 0.6 is 0 Å². The van der Waals surface area contributed by atoms with Crippen molar-refractivity contribution >= 4 is 17.0 Å². The molecule has 0 saturated carbocycles. The highest BCUT2D eigenvalue weighted by atomic mass is 16.4. The number of aromatic nitrogens is 1. The van der Waals surface area contributed by atoms with Crippen molar-refractivity contribution in [2.45, 2.75) is 13.1 Å². The van der Waals surface area contributed by atoms with Gasteiger partial charge in [-0.05, 0) is 12.1 Å². The van der Waals surface area contributed by atoms with Crippen LogP contribution < -0.4 is 11.1 Å². The molecule has 0 spiro atoms. The highest BCUT2D eigenvalue weighted by molar-refractivity contribution is 5.76. The van der Waals surface area contributed by atoms with Crippen molar-refractivity contribution in [2.75, 3.05) is 19.6 Å². The largest absolute Gasteiger partial charge is 0.421 e. The van der Waals surface area contributed by atoms with Crippen molar-refractivity contribution in [3.8, 4) is 0 Å². The van der Waals surface area contributed by atoms with Gasteiger partial charge in [-0.15, -0.1) is 0 Å². The van der Waals surface area contributed by atoms with Crippen LogP contribution in [0.2, 0.25) is 0 Å². The molecule has 0 bridgehead atoms. The van der Waals surface area contributed by atoms with E-state index in [9.17, 15) is 9.59 Å². The van der Waals surface area contributed by atoms with Crippen LogP contribution in [-0.2, 0) is 11.5 Å². The molecular weight excluding hydrogens is 246 g/mol. The lowest BCUT2D eigenvalue weighted by Gasteiger charge is -2.18. The number of rotatable bonds is 2. The second kappa shape index (κ2) is 4.89. The lowest BCUT2D eigenvalue weighted by atomic mass is 10.3. The van der Waals surface area contributed by atoms with Crippen molar-refractivity contribution in [3.63, 3.8) is 0 Å². The van der Waals surface area contributed by atoms with Crippen molar-refractivity contribution in [1.29, 1.82) is 0 Å². The van der Waals surface area contributed by atoms with Gasteiger partial charge in [-0.2, -0.15) is 0 Å². The van der Waals surface area contributed by atoms with Crippen molar-refractivity contribution < 1.29 is 9.21 Å². The predicted molar refractivity (Wildman–Crippen MR) is 69.7 cm³/mol. The maximum atomic E-state index is 11.8. The van der Waals surface area contributed by atoms with E-state index in [1.807, 2.05) is 18.2 Å². The van der Waals surface area contributed by atoms with E-state index < -0.39 is 0 Å². The molecule has 0 atom stereocenters. The Bertz CT molecular complexity index is 658. The average molecular weight is 261 g/mol. The Morgan fingerprint density at radius 3 is 2.95 bits per heavy atom. The smallest absolute Gasteiger partial charge is 0.408 e. The van der Waals surface area contributed by atoms with Gasteiger partial charge in [0.05, 0.1) is 12.2 Å². The summed E-state index contributed by atoms with van der Waals surface area (Å²) in [4.78, 5) is 25.2. The average Bonchev–Trinajstić information content (AvgIpc) is 2.57. The number of carbonyl (C=O) groups is 1. The number of carbonyl (C=O) groups excluding carboxylic acids is 1. The van der Waals surface area contributed by atoms with Gasteiger partial charge in [0, 0.05) is 26.1 Å². The van der Waals surface area contributed by atoms with Gasteiger partial charge in [0.15, 0.2) is 5.58 Å². The van der Waals surface area contributed by atoms with Gasteiger partial charge in [0.2, 0.25) is 5.91 Å². The number of para-hydroxylation sites is 2. The summed E-state index contributed by atoms with van der Waals surface area (Å²) in [6.45, 7) is 2.45. The number of oxazole rings is 1. The van der Waals surface area contributed by atoms with E-state index in [4.69, 9.17) is 4.42 Å². The number of nitrogens with one attached hydrogen (secondary N) is 1. The van der Waals surface area contributed by atoms with E-state index in [0.717, 1.165) is 12.1 Å². The quantitative estimate of drug-likeness (QED) is 0.848. The summed E-state index contributed by atoms with van der Waals surface area (Å²) in [5, 5.41) is 2.81. The van der Waals surface area contributed by atoms with Crippen LogP contribution in [0.4, 0.5) is 0 Å². The third kappa shape index (κ3) is 2.39. The van der Waals surface area contributed by atoms with E-state index in [1.54, 1.807) is 10.6 Å². The van der Waals surface area contributed by atoms with Gasteiger partial charge in [-0.3, -0.25) is 14.3 Å². The van der Waals surface area contributed by atoms with E-state index in [-0.39, 0.29) is 11.7 Å². The molecule has 0 aliphatic carbocycles. The Kier molecular flexibility index (Phi) is 3.08. The Balaban J connectivity index is 1.86. The molecule has 6 nitrogen and oxygen atoms in total. The standard InChI is InChI=1S/C13H15N3O3/c17-12-5-7-15(8-6-14-12)9-16-10-3-1-2-4-11(10)19-13(16)18/h1-4H,5-9H2,(H,14,17). The summed E-state index contributed by atoms with van der Waals surface area (Å²) in [7, 11) is 0. The van der Waals surface area contributed by atoms with Crippen LogP contribution in [0.1, 0.15) is 6.42 Å². The van der Waals surface area contributed by atoms with Gasteiger partial charge < -0.3 is 9.73 Å². The molecule has 1 N–H and O–H groups in total. The molecule has 0 radical (unpaired) electrons. The Hall–Kier alpha value is -2.08. The zero-order chi connectivity index (χ0) is 13.2. The second-order valence-electron chi connectivity index (χ2n) is 4.62. The van der Waals surface area contributed by atoms with E-state index in [2.05, 4.69) is 10.2 Å². The molecule has 1 aliphatic heterocycles. The Morgan fingerprint density at radius 1 is 1.21 bits per heavy atom. The molecule has 1 aromatic carbocycles. The van der Waals surface area contributed by atoms with E-state index >= 15 is 0 Å². The number of benzene rings is 1. The summed E-state index contributed by atoms with van der Waals surface area (Å²) in [5.74, 6) is -0.295. The minimum Gasteiger partial charge on any atom is -0.408 e. The normalized spacial score (nSPS) is 17.4. The number of hydrogen-bond donors (Lipinski definition) is 1. The second-order valence-corrected chi connectivity index (χ2v) is 4.62. The third-order valence-corrected chi connectivity index (χ3v) is 3.32. The van der Waals surface area contributed by atoms with Gasteiger partial charge in [-0.1, -0.05) is 12.1 Å². The topological polar surface area (TPSA) is 67.5 Å². The summed E-state index contributed by atoms with van der Waals surface area (Å²) < 4.78 is 6.79. The number of hydrogen-bond acceptors (Lipinski definition) is 4. The molecule has 6 heteroatoms. The lowest BCUT2D eigenvalue weighted by Crippen LogP contribution is -2.33.